The molecular weight excluding hydrogens is 284 g/mol. The summed E-state index contributed by atoms with van der Waals surface area (Å²) < 4.78 is 4.96. The van der Waals surface area contributed by atoms with Gasteiger partial charge in [-0.3, -0.25) is 0 Å². The highest BCUT2D eigenvalue weighted by atomic mass is 16.5. The van der Waals surface area contributed by atoms with Crippen LogP contribution in [0.15, 0.2) is 78.9 Å². The fourth-order valence-corrected chi connectivity index (χ4v) is 2.34. The van der Waals surface area contributed by atoms with E-state index in [1.165, 1.54) is 11.1 Å². The average molecular weight is 298 g/mol. The number of carbonyl (C=O) groups excluding carboxylic acids is 1. The third-order valence-corrected chi connectivity index (χ3v) is 3.51. The zero-order valence-corrected chi connectivity index (χ0v) is 12.4. The Kier molecular flexibility index (Phi) is 4.22. The minimum atomic E-state index is -0.690. The molecule has 0 spiro atoms. The maximum Gasteiger partial charge on any atom is 0.389 e. The zero-order valence-electron chi connectivity index (χ0n) is 12.4. The van der Waals surface area contributed by atoms with E-state index in [9.17, 15) is 4.79 Å². The lowest BCUT2D eigenvalue weighted by molar-refractivity contribution is -0.128. The number of benzene rings is 3. The second kappa shape index (κ2) is 6.64. The molecule has 23 heavy (non-hydrogen) atoms. The summed E-state index contributed by atoms with van der Waals surface area (Å²) >= 11 is 0. The number of carbonyl (C=O) groups is 1. The molecule has 0 fully saturated rings. The van der Waals surface area contributed by atoms with Crippen LogP contribution in [0.1, 0.15) is 0 Å². The number of hydrogen-bond acceptors (Lipinski definition) is 2. The van der Waals surface area contributed by atoms with Gasteiger partial charge < -0.3 is 4.74 Å². The van der Waals surface area contributed by atoms with Gasteiger partial charge >= 0.3 is 5.97 Å². The summed E-state index contributed by atoms with van der Waals surface area (Å²) in [5.74, 6) is 1.67. The number of hydrogen-bond donors (Lipinski definition) is 0. The van der Waals surface area contributed by atoms with Gasteiger partial charge in [-0.2, -0.15) is 0 Å². The molecule has 0 aromatic heterocycles. The summed E-state index contributed by atoms with van der Waals surface area (Å²) in [5, 5.41) is 0. The summed E-state index contributed by atoms with van der Waals surface area (Å²) in [6, 6.07) is 25.8. The van der Waals surface area contributed by atoms with Crippen molar-refractivity contribution in [2.45, 2.75) is 0 Å². The van der Waals surface area contributed by atoms with Crippen molar-refractivity contribution in [1.29, 1.82) is 0 Å². The zero-order chi connectivity index (χ0) is 16.1. The minimum absolute atomic E-state index is 0.442. The van der Waals surface area contributed by atoms with Crippen LogP contribution in [0.4, 0.5) is 0 Å². The normalized spacial score (nSPS) is 9.87. The summed E-state index contributed by atoms with van der Waals surface area (Å²) in [4.78, 5) is 11.0. The summed E-state index contributed by atoms with van der Waals surface area (Å²) in [6.07, 6.45) is 4.98. The first-order valence-electron chi connectivity index (χ1n) is 7.20. The van der Waals surface area contributed by atoms with Crippen LogP contribution in [0.3, 0.4) is 0 Å². The molecule has 2 heteroatoms. The van der Waals surface area contributed by atoms with Crippen LogP contribution in [0.5, 0.6) is 5.75 Å². The second-order valence-corrected chi connectivity index (χ2v) is 5.00. The van der Waals surface area contributed by atoms with Gasteiger partial charge in [0, 0.05) is 5.92 Å². The highest BCUT2D eigenvalue weighted by molar-refractivity contribution is 5.89. The maximum atomic E-state index is 11.0. The van der Waals surface area contributed by atoms with Gasteiger partial charge in [-0.1, -0.05) is 66.7 Å². The SMILES string of the molecule is C#CC(=O)Oc1ccc(-c2ccc(-c3ccccc3)cc2)cc1. The molecule has 0 N–H and O–H groups in total. The predicted octanol–water partition coefficient (Wildman–Crippen LogP) is 4.56. The second-order valence-electron chi connectivity index (χ2n) is 5.00. The Hall–Kier alpha value is -3.31. The smallest absolute Gasteiger partial charge is 0.389 e. The molecule has 2 nitrogen and oxygen atoms in total. The monoisotopic (exact) mass is 298 g/mol. The standard InChI is InChI=1S/C21H14O2/c1-2-21(22)23-20-14-12-19(13-15-20)18-10-8-17(9-11-18)16-6-4-3-5-7-16/h1,3-15H. The van der Waals surface area contributed by atoms with Gasteiger partial charge in [0.25, 0.3) is 0 Å². The Morgan fingerprint density at radius 2 is 1.13 bits per heavy atom. The van der Waals surface area contributed by atoms with E-state index in [0.29, 0.717) is 5.75 Å². The van der Waals surface area contributed by atoms with Gasteiger partial charge in [-0.25, -0.2) is 4.79 Å². The van der Waals surface area contributed by atoms with E-state index in [0.717, 1.165) is 11.1 Å². The van der Waals surface area contributed by atoms with Gasteiger partial charge in [0.15, 0.2) is 0 Å². The number of rotatable bonds is 3. The fourth-order valence-electron chi connectivity index (χ4n) is 2.34. The molecule has 0 amide bonds. The molecule has 0 saturated heterocycles. The molecule has 0 atom stereocenters. The molecule has 0 aliphatic carbocycles. The highest BCUT2D eigenvalue weighted by Crippen LogP contribution is 2.26. The Morgan fingerprint density at radius 1 is 0.696 bits per heavy atom. The summed E-state index contributed by atoms with van der Waals surface area (Å²) in [6.45, 7) is 0. The van der Waals surface area contributed by atoms with Crippen molar-refractivity contribution >= 4 is 5.97 Å². The first-order chi connectivity index (χ1) is 11.3. The van der Waals surface area contributed by atoms with Gasteiger partial charge in [-0.05, 0) is 34.4 Å². The summed E-state index contributed by atoms with van der Waals surface area (Å²) in [5.41, 5.74) is 4.51. The van der Waals surface area contributed by atoms with Crippen molar-refractivity contribution in [2.75, 3.05) is 0 Å². The van der Waals surface area contributed by atoms with Crippen molar-refractivity contribution in [2.24, 2.45) is 0 Å². The molecule has 0 heterocycles. The summed E-state index contributed by atoms with van der Waals surface area (Å²) in [7, 11) is 0. The van der Waals surface area contributed by atoms with E-state index >= 15 is 0 Å². The molecule has 0 radical (unpaired) electrons. The van der Waals surface area contributed by atoms with Crippen LogP contribution in [0.2, 0.25) is 0 Å². The largest absolute Gasteiger partial charge is 0.417 e. The van der Waals surface area contributed by atoms with Gasteiger partial charge in [-0.15, -0.1) is 6.42 Å². The molecular formula is C21H14O2. The lowest BCUT2D eigenvalue weighted by Crippen LogP contribution is -2.03. The third-order valence-electron chi connectivity index (χ3n) is 3.51. The highest BCUT2D eigenvalue weighted by Gasteiger charge is 2.03. The Labute approximate surface area is 135 Å². The van der Waals surface area contributed by atoms with Crippen LogP contribution >= 0.6 is 0 Å². The molecule has 0 aliphatic heterocycles. The van der Waals surface area contributed by atoms with Crippen molar-refractivity contribution in [3.8, 4) is 40.3 Å². The first kappa shape index (κ1) is 14.6. The van der Waals surface area contributed by atoms with Crippen molar-refractivity contribution in [3.05, 3.63) is 78.9 Å². The minimum Gasteiger partial charge on any atom is -0.417 e. The Morgan fingerprint density at radius 3 is 1.61 bits per heavy atom. The van der Waals surface area contributed by atoms with Gasteiger partial charge in [0.05, 0.1) is 0 Å². The van der Waals surface area contributed by atoms with E-state index in [-0.39, 0.29) is 0 Å². The van der Waals surface area contributed by atoms with Crippen molar-refractivity contribution < 1.29 is 9.53 Å². The van der Waals surface area contributed by atoms with Crippen molar-refractivity contribution in [1.82, 2.24) is 0 Å². The van der Waals surface area contributed by atoms with Crippen LogP contribution in [-0.4, -0.2) is 5.97 Å². The molecule has 3 aromatic carbocycles. The molecule has 3 rings (SSSR count). The van der Waals surface area contributed by atoms with E-state index < -0.39 is 5.97 Å². The predicted molar refractivity (Wildman–Crippen MR) is 91.8 cm³/mol. The molecule has 0 aliphatic rings. The topological polar surface area (TPSA) is 26.3 Å². The average Bonchev–Trinajstić information content (AvgIpc) is 2.63. The fraction of sp³-hybridized carbons (Fsp3) is 0. The van der Waals surface area contributed by atoms with Gasteiger partial charge in [0.2, 0.25) is 0 Å². The van der Waals surface area contributed by atoms with E-state index in [1.807, 2.05) is 36.3 Å². The van der Waals surface area contributed by atoms with E-state index in [2.05, 4.69) is 36.4 Å². The first-order valence-corrected chi connectivity index (χ1v) is 7.20. The number of terminal acetylenes is 1. The molecule has 3 aromatic rings. The van der Waals surface area contributed by atoms with Crippen LogP contribution in [0.25, 0.3) is 22.3 Å². The van der Waals surface area contributed by atoms with Gasteiger partial charge in [0.1, 0.15) is 5.75 Å². The van der Waals surface area contributed by atoms with Crippen molar-refractivity contribution in [3.63, 3.8) is 0 Å². The molecule has 0 saturated carbocycles. The van der Waals surface area contributed by atoms with E-state index in [1.54, 1.807) is 12.1 Å². The molecule has 0 unspecified atom stereocenters. The maximum absolute atomic E-state index is 11.0. The molecule has 0 bridgehead atoms. The van der Waals surface area contributed by atoms with Crippen LogP contribution in [-0.2, 0) is 4.79 Å². The molecule has 110 valence electrons. The van der Waals surface area contributed by atoms with Crippen LogP contribution < -0.4 is 4.74 Å². The Bertz CT molecular complexity index is 839. The lowest BCUT2D eigenvalue weighted by atomic mass is 10.0. The number of esters is 1. The van der Waals surface area contributed by atoms with Crippen LogP contribution in [0, 0.1) is 12.3 Å². The quantitative estimate of drug-likeness (QED) is 0.307. The number of ether oxygens (including phenoxy) is 1. The van der Waals surface area contributed by atoms with E-state index in [4.69, 9.17) is 11.2 Å². The third kappa shape index (κ3) is 3.48. The lowest BCUT2D eigenvalue weighted by Gasteiger charge is -2.06. The Balaban J connectivity index is 1.80.